The van der Waals surface area contributed by atoms with E-state index in [0.717, 1.165) is 37.7 Å². The third-order valence-corrected chi connectivity index (χ3v) is 12.7. The maximum atomic E-state index is 14.3. The Labute approximate surface area is 249 Å². The molecule has 0 amide bonds. The van der Waals surface area contributed by atoms with Gasteiger partial charge in [0.25, 0.3) is 0 Å². The van der Waals surface area contributed by atoms with Gasteiger partial charge in [-0.05, 0) is 67.6 Å². The summed E-state index contributed by atoms with van der Waals surface area (Å²) in [4.78, 5) is 45.3. The van der Waals surface area contributed by atoms with Crippen molar-refractivity contribution >= 4 is 17.5 Å². The van der Waals surface area contributed by atoms with Crippen molar-refractivity contribution in [3.8, 4) is 0 Å². The van der Waals surface area contributed by atoms with E-state index in [9.17, 15) is 19.5 Å². The fourth-order valence-electron chi connectivity index (χ4n) is 10.3. The monoisotopic (exact) mass is 575 g/mol. The van der Waals surface area contributed by atoms with Crippen LogP contribution >= 0.6 is 0 Å². The zero-order valence-electron chi connectivity index (χ0n) is 25.7. The van der Waals surface area contributed by atoms with Crippen LogP contribution in [-0.4, -0.2) is 59.1 Å². The highest BCUT2D eigenvalue weighted by molar-refractivity contribution is 6.01. The molecule has 1 N–H and O–H groups in total. The third-order valence-electron chi connectivity index (χ3n) is 12.7. The molecule has 4 aliphatic carbocycles. The summed E-state index contributed by atoms with van der Waals surface area (Å²) in [5.74, 6) is -0.680. The Morgan fingerprint density at radius 3 is 2.57 bits per heavy atom. The molecule has 0 bridgehead atoms. The largest absolute Gasteiger partial charge is 0.458 e. The number of hydrogen-bond donors (Lipinski definition) is 1. The zero-order chi connectivity index (χ0) is 30.1. The minimum atomic E-state index is -1.19. The van der Waals surface area contributed by atoms with E-state index < -0.39 is 33.9 Å². The number of ketones is 2. The Balaban J connectivity index is 1.35. The van der Waals surface area contributed by atoms with Gasteiger partial charge in [-0.25, -0.2) is 0 Å². The number of aliphatic hydroxyl groups excluding tert-OH is 1. The molecule has 226 valence electrons. The first-order chi connectivity index (χ1) is 19.8. The predicted molar refractivity (Wildman–Crippen MR) is 158 cm³/mol. The summed E-state index contributed by atoms with van der Waals surface area (Å²) in [7, 11) is 0. The number of fused-ring (bicyclic) bond motifs is 7. The van der Waals surface area contributed by atoms with Crippen LogP contribution in [0.2, 0.25) is 0 Å². The molecule has 6 rings (SSSR count). The van der Waals surface area contributed by atoms with Crippen LogP contribution in [0.5, 0.6) is 0 Å². The van der Waals surface area contributed by atoms with E-state index in [4.69, 9.17) is 9.57 Å². The number of aliphatic hydroxyl groups is 1. The number of hydrogen-bond acceptors (Lipinski definition) is 7. The Morgan fingerprint density at radius 2 is 1.86 bits per heavy atom. The lowest BCUT2D eigenvalue weighted by atomic mass is 9.36. The van der Waals surface area contributed by atoms with Gasteiger partial charge in [-0.3, -0.25) is 19.2 Å². The smallest absolute Gasteiger partial charge is 0.303 e. The van der Waals surface area contributed by atoms with Crippen molar-refractivity contribution in [1.82, 2.24) is 5.06 Å². The van der Waals surface area contributed by atoms with E-state index in [1.807, 2.05) is 29.3 Å². The van der Waals surface area contributed by atoms with Gasteiger partial charge < -0.3 is 9.84 Å². The van der Waals surface area contributed by atoms with Crippen LogP contribution in [0, 0.1) is 33.5 Å². The molecule has 7 nitrogen and oxygen atoms in total. The number of hydroxylamine groups is 2. The van der Waals surface area contributed by atoms with Gasteiger partial charge in [-0.1, -0.05) is 69.7 Å². The van der Waals surface area contributed by atoms with Crippen molar-refractivity contribution in [2.75, 3.05) is 19.7 Å². The minimum absolute atomic E-state index is 0.0112. The first kappa shape index (κ1) is 29.5. The number of carbonyl (C=O) groups excluding carboxylic acids is 3. The average Bonchev–Trinajstić information content (AvgIpc) is 3.39. The van der Waals surface area contributed by atoms with Crippen LogP contribution in [0.1, 0.15) is 72.3 Å². The summed E-state index contributed by atoms with van der Waals surface area (Å²) in [6.45, 7) is 11.1. The molecule has 1 aromatic rings. The first-order valence-corrected chi connectivity index (χ1v) is 15.6. The highest BCUT2D eigenvalue weighted by atomic mass is 16.7. The molecule has 0 aromatic heterocycles. The lowest BCUT2D eigenvalue weighted by Gasteiger charge is -2.69. The van der Waals surface area contributed by atoms with Crippen molar-refractivity contribution in [3.05, 3.63) is 59.7 Å². The molecule has 0 unspecified atom stereocenters. The van der Waals surface area contributed by atoms with Crippen LogP contribution < -0.4 is 0 Å². The standard InChI is InChI=1S/C35H45NO6/c1-23(37)41-22-30(40)35-26(21-36(42-35)17-9-12-24-10-7-6-8-11-24)19-32(3)28-14-13-25-18-27(38)15-16-31(25,2)34(28,5)29(39)20-33(32,35)4/h6-8,10-11,15-16,18,26,28-29,39H,9,12-14,17,19-22H2,1-5H3/t26-,28-,29-,31-,32-,33-,34+,35-/m0/s1. The Bertz CT molecular complexity index is 1350. The lowest BCUT2D eigenvalue weighted by Crippen LogP contribution is -2.70. The van der Waals surface area contributed by atoms with E-state index in [1.54, 1.807) is 12.2 Å². The summed E-state index contributed by atoms with van der Waals surface area (Å²) in [6, 6.07) is 10.4. The molecule has 8 atom stereocenters. The quantitative estimate of drug-likeness (QED) is 0.456. The number of rotatable bonds is 7. The normalized spacial score (nSPS) is 42.3. The van der Waals surface area contributed by atoms with Gasteiger partial charge in [-0.15, -0.1) is 0 Å². The van der Waals surface area contributed by atoms with Crippen molar-refractivity contribution in [3.63, 3.8) is 0 Å². The number of nitrogens with zero attached hydrogens (tertiary/aromatic N) is 1. The fraction of sp³-hybridized carbons (Fsp3) is 0.629. The van der Waals surface area contributed by atoms with E-state index in [2.05, 4.69) is 39.8 Å². The Morgan fingerprint density at radius 1 is 1.12 bits per heavy atom. The minimum Gasteiger partial charge on any atom is -0.458 e. The molecule has 3 saturated carbocycles. The number of ether oxygens (including phenoxy) is 1. The number of carbonyl (C=O) groups is 3. The maximum Gasteiger partial charge on any atom is 0.303 e. The Hall–Kier alpha value is -2.61. The fourth-order valence-corrected chi connectivity index (χ4v) is 10.3. The summed E-state index contributed by atoms with van der Waals surface area (Å²) in [5, 5.41) is 14.2. The highest BCUT2D eigenvalue weighted by Crippen LogP contribution is 2.78. The summed E-state index contributed by atoms with van der Waals surface area (Å²) < 4.78 is 5.30. The molecule has 0 spiro atoms. The number of Topliss-reactive ketones (excluding diaryl/α,β-unsaturated/α-hetero) is 1. The number of allylic oxidation sites excluding steroid dienone is 4. The third kappa shape index (κ3) is 3.85. The topological polar surface area (TPSA) is 93.1 Å². The van der Waals surface area contributed by atoms with E-state index in [0.29, 0.717) is 19.5 Å². The van der Waals surface area contributed by atoms with E-state index >= 15 is 0 Å². The molecule has 5 aliphatic rings. The van der Waals surface area contributed by atoms with Crippen LogP contribution in [0.15, 0.2) is 54.1 Å². The van der Waals surface area contributed by atoms with E-state index in [-0.39, 0.29) is 35.4 Å². The first-order valence-electron chi connectivity index (χ1n) is 15.6. The number of benzene rings is 1. The van der Waals surface area contributed by atoms with Gasteiger partial charge in [0.2, 0.25) is 5.78 Å². The molecule has 7 heteroatoms. The van der Waals surface area contributed by atoms with Crippen molar-refractivity contribution in [2.24, 2.45) is 33.5 Å². The average molecular weight is 576 g/mol. The maximum absolute atomic E-state index is 14.3. The van der Waals surface area contributed by atoms with Crippen LogP contribution in [0.4, 0.5) is 0 Å². The second kappa shape index (κ2) is 9.96. The molecule has 1 saturated heterocycles. The number of esters is 1. The van der Waals surface area contributed by atoms with Crippen LogP contribution in [0.25, 0.3) is 0 Å². The summed E-state index contributed by atoms with van der Waals surface area (Å²) in [6.07, 6.45) is 9.34. The molecule has 4 fully saturated rings. The van der Waals surface area contributed by atoms with Gasteiger partial charge in [-0.2, -0.15) is 5.06 Å². The van der Waals surface area contributed by atoms with Gasteiger partial charge in [0.05, 0.1) is 6.10 Å². The second-order valence-electron chi connectivity index (χ2n) is 14.4. The van der Waals surface area contributed by atoms with Crippen LogP contribution in [-0.2, 0) is 30.4 Å². The van der Waals surface area contributed by atoms with Crippen molar-refractivity contribution in [1.29, 1.82) is 0 Å². The molecule has 42 heavy (non-hydrogen) atoms. The Kier molecular flexibility index (Phi) is 6.99. The predicted octanol–water partition coefficient (Wildman–Crippen LogP) is 5.02. The second-order valence-corrected chi connectivity index (χ2v) is 14.4. The molecule has 0 radical (unpaired) electrons. The summed E-state index contributed by atoms with van der Waals surface area (Å²) >= 11 is 0. The van der Waals surface area contributed by atoms with Gasteiger partial charge in [0, 0.05) is 42.2 Å². The lowest BCUT2D eigenvalue weighted by molar-refractivity contribution is -0.281. The van der Waals surface area contributed by atoms with Crippen molar-refractivity contribution < 1.29 is 29.1 Å². The molecule has 1 heterocycles. The summed E-state index contributed by atoms with van der Waals surface area (Å²) in [5.41, 5.74) is -0.810. The molecule has 1 aromatic carbocycles. The zero-order valence-corrected chi connectivity index (χ0v) is 25.7. The van der Waals surface area contributed by atoms with E-state index in [1.165, 1.54) is 12.5 Å². The molecule has 1 aliphatic heterocycles. The van der Waals surface area contributed by atoms with Gasteiger partial charge in [0.1, 0.15) is 0 Å². The highest BCUT2D eigenvalue weighted by Gasteiger charge is 2.81. The SMILES string of the molecule is CC(=O)OCC(=O)[C@@]12ON(CCCc3ccccc3)C[C@@H]1C[C@@]1(C)[C@@H]3CCC4=CC(=O)C=C[C@]4(C)[C@@]3(C)[C@@H](O)C[C@@]12C. The van der Waals surface area contributed by atoms with Crippen LogP contribution in [0.3, 0.4) is 0 Å². The van der Waals surface area contributed by atoms with Crippen molar-refractivity contribution in [2.45, 2.75) is 84.8 Å². The molecular formula is C35H45NO6. The van der Waals surface area contributed by atoms with Gasteiger partial charge >= 0.3 is 5.97 Å². The number of aryl methyl sites for hydroxylation is 1. The van der Waals surface area contributed by atoms with Gasteiger partial charge in [0.15, 0.2) is 18.0 Å². The molecular weight excluding hydrogens is 530 g/mol.